The third-order valence-electron chi connectivity index (χ3n) is 5.08. The number of aromatic nitrogens is 4. The molecule has 1 aliphatic rings. The van der Waals surface area contributed by atoms with Gasteiger partial charge in [-0.3, -0.25) is 9.20 Å². The lowest BCUT2D eigenvalue weighted by molar-refractivity contribution is 0.0964. The van der Waals surface area contributed by atoms with Gasteiger partial charge in [-0.2, -0.15) is 0 Å². The Balaban J connectivity index is 1.84. The number of amides is 1. The Labute approximate surface area is 155 Å². The second kappa shape index (κ2) is 5.88. The zero-order valence-corrected chi connectivity index (χ0v) is 14.9. The molecule has 5 rings (SSSR count). The number of nitrogens with two attached hydrogens (primary N) is 1. The monoisotopic (exact) mass is 361 g/mol. The van der Waals surface area contributed by atoms with E-state index in [2.05, 4.69) is 20.2 Å². The van der Waals surface area contributed by atoms with Crippen LogP contribution in [-0.4, -0.2) is 51.4 Å². The van der Waals surface area contributed by atoms with Crippen molar-refractivity contribution >= 4 is 39.6 Å². The summed E-state index contributed by atoms with van der Waals surface area (Å²) in [6.45, 7) is 1.63. The predicted octanol–water partition coefficient (Wildman–Crippen LogP) is 1.33. The summed E-state index contributed by atoms with van der Waals surface area (Å²) in [4.78, 5) is 28.7. The van der Waals surface area contributed by atoms with Crippen molar-refractivity contribution in [3.63, 3.8) is 0 Å². The molecule has 1 unspecified atom stereocenters. The first-order valence-electron chi connectivity index (χ1n) is 8.95. The van der Waals surface area contributed by atoms with Crippen LogP contribution in [0.15, 0.2) is 36.5 Å². The fourth-order valence-electron chi connectivity index (χ4n) is 3.72. The first kappa shape index (κ1) is 16.0. The maximum atomic E-state index is 12.4. The van der Waals surface area contributed by atoms with Gasteiger partial charge in [0.1, 0.15) is 11.3 Å². The molecule has 4 aromatic rings. The number of para-hydroxylation sites is 2. The first-order chi connectivity index (χ1) is 13.2. The molecule has 1 amide bonds. The molecule has 1 fully saturated rings. The van der Waals surface area contributed by atoms with Crippen molar-refractivity contribution in [1.29, 1.82) is 0 Å². The molecule has 3 N–H and O–H groups in total. The number of fused-ring (bicyclic) bond motifs is 5. The predicted molar refractivity (Wildman–Crippen MR) is 104 cm³/mol. The highest BCUT2D eigenvalue weighted by atomic mass is 16.1. The van der Waals surface area contributed by atoms with Crippen LogP contribution < -0.4 is 16.0 Å². The smallest absolute Gasteiger partial charge is 0.254 e. The molecule has 1 aliphatic heterocycles. The zero-order valence-electron chi connectivity index (χ0n) is 14.9. The third-order valence-corrected chi connectivity index (χ3v) is 5.08. The number of nitrogens with one attached hydrogen (secondary N) is 1. The Kier molecular flexibility index (Phi) is 3.48. The van der Waals surface area contributed by atoms with Crippen LogP contribution in [0.1, 0.15) is 16.8 Å². The molecular weight excluding hydrogens is 342 g/mol. The second-order valence-corrected chi connectivity index (χ2v) is 6.83. The van der Waals surface area contributed by atoms with E-state index in [4.69, 9.17) is 10.7 Å². The lowest BCUT2D eigenvalue weighted by atomic mass is 10.2. The molecule has 0 radical (unpaired) electrons. The SMILES string of the molecule is CNC(=O)c1cc2ncc(N3CCC(N)C3)nc2n2c1nc1ccccc12. The minimum atomic E-state index is -0.200. The van der Waals surface area contributed by atoms with Gasteiger partial charge in [0.25, 0.3) is 5.91 Å². The molecule has 1 aromatic carbocycles. The summed E-state index contributed by atoms with van der Waals surface area (Å²) >= 11 is 0. The van der Waals surface area contributed by atoms with Crippen LogP contribution in [0.5, 0.6) is 0 Å². The largest absolute Gasteiger partial charge is 0.355 e. The minimum absolute atomic E-state index is 0.159. The molecule has 136 valence electrons. The van der Waals surface area contributed by atoms with Crippen LogP contribution in [-0.2, 0) is 0 Å². The first-order valence-corrected chi connectivity index (χ1v) is 8.95. The topological polar surface area (TPSA) is 101 Å². The maximum Gasteiger partial charge on any atom is 0.254 e. The highest BCUT2D eigenvalue weighted by molar-refractivity contribution is 6.04. The van der Waals surface area contributed by atoms with Crippen molar-refractivity contribution in [3.8, 4) is 0 Å². The van der Waals surface area contributed by atoms with Crippen molar-refractivity contribution in [2.45, 2.75) is 12.5 Å². The Morgan fingerprint density at radius 2 is 2.07 bits per heavy atom. The van der Waals surface area contributed by atoms with Crippen molar-refractivity contribution in [3.05, 3.63) is 42.1 Å². The Bertz CT molecular complexity index is 1200. The number of nitrogens with zero attached hydrogens (tertiary/aromatic N) is 5. The number of hydrogen-bond donors (Lipinski definition) is 2. The van der Waals surface area contributed by atoms with Crippen LogP contribution in [0.4, 0.5) is 5.82 Å². The number of benzene rings is 1. The number of anilines is 1. The number of carbonyl (C=O) groups is 1. The van der Waals surface area contributed by atoms with Gasteiger partial charge in [0.05, 0.1) is 22.8 Å². The average molecular weight is 361 g/mol. The summed E-state index contributed by atoms with van der Waals surface area (Å²) in [6, 6.07) is 9.70. The van der Waals surface area contributed by atoms with E-state index in [1.165, 1.54) is 0 Å². The van der Waals surface area contributed by atoms with Crippen LogP contribution in [0.25, 0.3) is 27.8 Å². The zero-order chi connectivity index (χ0) is 18.5. The van der Waals surface area contributed by atoms with E-state index in [0.29, 0.717) is 22.4 Å². The lowest BCUT2D eigenvalue weighted by Crippen LogP contribution is -2.27. The summed E-state index contributed by atoms with van der Waals surface area (Å²) in [5.41, 5.74) is 10.1. The molecule has 3 aromatic heterocycles. The summed E-state index contributed by atoms with van der Waals surface area (Å²) in [7, 11) is 1.61. The van der Waals surface area contributed by atoms with Gasteiger partial charge in [-0.1, -0.05) is 12.1 Å². The van der Waals surface area contributed by atoms with Crippen molar-refractivity contribution < 1.29 is 4.79 Å². The van der Waals surface area contributed by atoms with E-state index in [9.17, 15) is 4.79 Å². The summed E-state index contributed by atoms with van der Waals surface area (Å²) in [6.07, 6.45) is 2.69. The van der Waals surface area contributed by atoms with Gasteiger partial charge in [0, 0.05) is 26.2 Å². The van der Waals surface area contributed by atoms with Crippen LogP contribution in [0, 0.1) is 0 Å². The van der Waals surface area contributed by atoms with Crippen LogP contribution in [0.3, 0.4) is 0 Å². The standard InChI is InChI=1S/C19H19N7O/c1-21-19(27)12-8-14-18(24-16(9-22-14)25-7-6-11(20)10-25)26-15-5-3-2-4-13(15)23-17(12)26/h2-5,8-9,11H,6-7,10,20H2,1H3,(H,21,27). The van der Waals surface area contributed by atoms with Crippen LogP contribution >= 0.6 is 0 Å². The molecule has 1 saturated heterocycles. The van der Waals surface area contributed by atoms with Gasteiger partial charge >= 0.3 is 0 Å². The van der Waals surface area contributed by atoms with Crippen molar-refractivity contribution in [2.24, 2.45) is 5.73 Å². The molecule has 0 aliphatic carbocycles. The van der Waals surface area contributed by atoms with E-state index >= 15 is 0 Å². The van der Waals surface area contributed by atoms with Gasteiger partial charge in [-0.15, -0.1) is 0 Å². The summed E-state index contributed by atoms with van der Waals surface area (Å²) in [5, 5.41) is 2.68. The van der Waals surface area contributed by atoms with E-state index in [-0.39, 0.29) is 11.9 Å². The third kappa shape index (κ3) is 2.41. The highest BCUT2D eigenvalue weighted by Crippen LogP contribution is 2.26. The summed E-state index contributed by atoms with van der Waals surface area (Å²) < 4.78 is 1.92. The summed E-state index contributed by atoms with van der Waals surface area (Å²) in [5.74, 6) is 0.593. The van der Waals surface area contributed by atoms with Gasteiger partial charge in [-0.25, -0.2) is 15.0 Å². The Morgan fingerprint density at radius 1 is 1.22 bits per heavy atom. The quantitative estimate of drug-likeness (QED) is 0.558. The molecular formula is C19H19N7O. The van der Waals surface area contributed by atoms with E-state index in [1.807, 2.05) is 28.7 Å². The van der Waals surface area contributed by atoms with Gasteiger partial charge in [0.15, 0.2) is 11.3 Å². The minimum Gasteiger partial charge on any atom is -0.355 e. The highest BCUT2D eigenvalue weighted by Gasteiger charge is 2.23. The van der Waals surface area contributed by atoms with Gasteiger partial charge in [-0.05, 0) is 24.6 Å². The Morgan fingerprint density at radius 3 is 2.85 bits per heavy atom. The normalized spacial score (nSPS) is 17.3. The molecule has 8 heteroatoms. The van der Waals surface area contributed by atoms with E-state index in [1.54, 1.807) is 19.3 Å². The fourth-order valence-corrected chi connectivity index (χ4v) is 3.72. The molecule has 8 nitrogen and oxygen atoms in total. The molecule has 1 atom stereocenters. The number of pyridine rings is 1. The van der Waals surface area contributed by atoms with Gasteiger partial charge in [0.2, 0.25) is 0 Å². The molecule has 0 bridgehead atoms. The molecule has 0 spiro atoms. The fraction of sp³-hybridized carbons (Fsp3) is 0.263. The molecule has 4 heterocycles. The number of imidazole rings is 1. The Hall–Kier alpha value is -3.26. The average Bonchev–Trinajstić information content (AvgIpc) is 3.30. The lowest BCUT2D eigenvalue weighted by Gasteiger charge is -2.17. The van der Waals surface area contributed by atoms with Gasteiger partial charge < -0.3 is 16.0 Å². The number of hydrogen-bond acceptors (Lipinski definition) is 6. The van der Waals surface area contributed by atoms with Crippen molar-refractivity contribution in [1.82, 2.24) is 24.7 Å². The second-order valence-electron chi connectivity index (χ2n) is 6.83. The molecule has 27 heavy (non-hydrogen) atoms. The van der Waals surface area contributed by atoms with Crippen LogP contribution in [0.2, 0.25) is 0 Å². The van der Waals surface area contributed by atoms with E-state index in [0.717, 1.165) is 36.4 Å². The van der Waals surface area contributed by atoms with Crippen molar-refractivity contribution in [2.75, 3.05) is 25.0 Å². The molecule has 0 saturated carbocycles. The van der Waals surface area contributed by atoms with E-state index < -0.39 is 0 Å². The number of carbonyl (C=O) groups excluding carboxylic acids is 1. The maximum absolute atomic E-state index is 12.4. The number of rotatable bonds is 2.